The van der Waals surface area contributed by atoms with Crippen molar-refractivity contribution in [3.63, 3.8) is 0 Å². The van der Waals surface area contributed by atoms with Crippen LogP contribution in [0.1, 0.15) is 23.1 Å². The molecule has 0 fully saturated rings. The van der Waals surface area contributed by atoms with E-state index in [4.69, 9.17) is 0 Å². The average molecular weight is 512 g/mol. The quantitative estimate of drug-likeness (QED) is 0.324. The summed E-state index contributed by atoms with van der Waals surface area (Å²) in [6, 6.07) is 14.8. The number of halogens is 2. The molecule has 158 valence electrons. The molecule has 0 bridgehead atoms. The normalized spacial score (nSPS) is 10.8. The Morgan fingerprint density at radius 3 is 2.45 bits per heavy atom. The van der Waals surface area contributed by atoms with E-state index in [2.05, 4.69) is 15.6 Å². The summed E-state index contributed by atoms with van der Waals surface area (Å²) < 4.78 is 13.2. The minimum absolute atomic E-state index is 0. The maximum absolute atomic E-state index is 13.2. The number of rotatable bonds is 8. The standard InChI is InChI=1S/C22H29FN4O.HI/c1-17-15-20(23)10-9-19(17)11-13-25-22(24-2)26-14-12-21(28)27(3)16-18-7-5-4-6-8-18;/h4-10,15H,11-14,16H2,1-3H3,(H2,24,25,26);1H. The largest absolute Gasteiger partial charge is 0.356 e. The smallest absolute Gasteiger partial charge is 0.224 e. The zero-order chi connectivity index (χ0) is 20.4. The highest BCUT2D eigenvalue weighted by atomic mass is 127. The summed E-state index contributed by atoms with van der Waals surface area (Å²) >= 11 is 0. The lowest BCUT2D eigenvalue weighted by molar-refractivity contribution is -0.130. The van der Waals surface area contributed by atoms with Gasteiger partial charge in [0.1, 0.15) is 5.82 Å². The highest BCUT2D eigenvalue weighted by Crippen LogP contribution is 2.10. The van der Waals surface area contributed by atoms with E-state index in [1.807, 2.05) is 50.4 Å². The number of benzene rings is 2. The van der Waals surface area contributed by atoms with Crippen molar-refractivity contribution in [2.24, 2.45) is 4.99 Å². The van der Waals surface area contributed by atoms with Crippen molar-refractivity contribution in [1.29, 1.82) is 0 Å². The molecule has 0 heterocycles. The molecule has 0 aliphatic rings. The molecule has 29 heavy (non-hydrogen) atoms. The number of guanidine groups is 1. The van der Waals surface area contributed by atoms with Crippen molar-refractivity contribution in [3.8, 4) is 0 Å². The van der Waals surface area contributed by atoms with Crippen LogP contribution in [-0.4, -0.2) is 44.0 Å². The lowest BCUT2D eigenvalue weighted by atomic mass is 10.1. The molecular weight excluding hydrogens is 482 g/mol. The second kappa shape index (κ2) is 13.1. The number of aryl methyl sites for hydroxylation is 1. The highest BCUT2D eigenvalue weighted by Gasteiger charge is 2.09. The van der Waals surface area contributed by atoms with Crippen molar-refractivity contribution < 1.29 is 9.18 Å². The molecular formula is C22H30FIN4O. The fourth-order valence-corrected chi connectivity index (χ4v) is 2.90. The van der Waals surface area contributed by atoms with Crippen LogP contribution in [0.5, 0.6) is 0 Å². The van der Waals surface area contributed by atoms with E-state index in [-0.39, 0.29) is 35.7 Å². The third kappa shape index (κ3) is 8.81. The number of amides is 1. The van der Waals surface area contributed by atoms with Gasteiger partial charge in [0.25, 0.3) is 0 Å². The molecule has 2 aromatic rings. The molecule has 5 nitrogen and oxygen atoms in total. The summed E-state index contributed by atoms with van der Waals surface area (Å²) in [5.41, 5.74) is 3.15. The van der Waals surface area contributed by atoms with E-state index in [1.165, 1.54) is 6.07 Å². The van der Waals surface area contributed by atoms with E-state index in [0.29, 0.717) is 32.0 Å². The lowest BCUT2D eigenvalue weighted by Gasteiger charge is -2.18. The van der Waals surface area contributed by atoms with Gasteiger partial charge in [0.05, 0.1) is 0 Å². The van der Waals surface area contributed by atoms with Crippen LogP contribution in [0.15, 0.2) is 53.5 Å². The molecule has 0 aromatic heterocycles. The van der Waals surface area contributed by atoms with E-state index < -0.39 is 0 Å². The first-order valence-corrected chi connectivity index (χ1v) is 9.47. The van der Waals surface area contributed by atoms with Crippen LogP contribution < -0.4 is 10.6 Å². The van der Waals surface area contributed by atoms with E-state index in [1.54, 1.807) is 18.0 Å². The molecule has 0 saturated carbocycles. The first-order valence-electron chi connectivity index (χ1n) is 9.47. The minimum Gasteiger partial charge on any atom is -0.356 e. The van der Waals surface area contributed by atoms with E-state index in [0.717, 1.165) is 23.1 Å². The Morgan fingerprint density at radius 2 is 1.79 bits per heavy atom. The van der Waals surface area contributed by atoms with Gasteiger partial charge in [-0.3, -0.25) is 9.79 Å². The predicted octanol–water partition coefficient (Wildman–Crippen LogP) is 3.51. The van der Waals surface area contributed by atoms with Crippen molar-refractivity contribution in [2.75, 3.05) is 27.2 Å². The number of carbonyl (C=O) groups is 1. The van der Waals surface area contributed by atoms with Gasteiger partial charge in [-0.2, -0.15) is 0 Å². The van der Waals surface area contributed by atoms with Crippen molar-refractivity contribution in [3.05, 3.63) is 71.0 Å². The number of nitrogens with zero attached hydrogens (tertiary/aromatic N) is 2. The summed E-state index contributed by atoms with van der Waals surface area (Å²) in [6.07, 6.45) is 1.16. The Labute approximate surface area is 189 Å². The minimum atomic E-state index is -0.214. The lowest BCUT2D eigenvalue weighted by Crippen LogP contribution is -2.40. The highest BCUT2D eigenvalue weighted by molar-refractivity contribution is 14.0. The first kappa shape index (κ1) is 24.9. The number of carbonyl (C=O) groups excluding carboxylic acids is 1. The summed E-state index contributed by atoms with van der Waals surface area (Å²) in [6.45, 7) is 3.69. The van der Waals surface area contributed by atoms with Crippen LogP contribution in [0.4, 0.5) is 4.39 Å². The van der Waals surface area contributed by atoms with Gasteiger partial charge in [-0.15, -0.1) is 24.0 Å². The third-order valence-electron chi connectivity index (χ3n) is 4.53. The second-order valence-electron chi connectivity index (χ2n) is 6.73. The molecule has 2 aromatic carbocycles. The second-order valence-corrected chi connectivity index (χ2v) is 6.73. The van der Waals surface area contributed by atoms with Crippen LogP contribution in [0.25, 0.3) is 0 Å². The average Bonchev–Trinajstić information content (AvgIpc) is 2.69. The Morgan fingerprint density at radius 1 is 1.10 bits per heavy atom. The molecule has 2 rings (SSSR count). The van der Waals surface area contributed by atoms with Gasteiger partial charge in [-0.25, -0.2) is 4.39 Å². The fourth-order valence-electron chi connectivity index (χ4n) is 2.90. The molecule has 0 saturated heterocycles. The van der Waals surface area contributed by atoms with E-state index in [9.17, 15) is 9.18 Å². The number of nitrogens with one attached hydrogen (secondary N) is 2. The third-order valence-corrected chi connectivity index (χ3v) is 4.53. The summed E-state index contributed by atoms with van der Waals surface area (Å²) in [7, 11) is 3.51. The maximum atomic E-state index is 13.2. The molecule has 0 atom stereocenters. The van der Waals surface area contributed by atoms with Gasteiger partial charge in [0.15, 0.2) is 5.96 Å². The molecule has 0 radical (unpaired) electrons. The van der Waals surface area contributed by atoms with Gasteiger partial charge in [-0.05, 0) is 42.2 Å². The van der Waals surface area contributed by atoms with E-state index >= 15 is 0 Å². The zero-order valence-electron chi connectivity index (χ0n) is 17.2. The SMILES string of the molecule is CN=C(NCCC(=O)N(C)Cc1ccccc1)NCCc1ccc(F)cc1C.I. The maximum Gasteiger partial charge on any atom is 0.224 e. The monoisotopic (exact) mass is 512 g/mol. The summed E-state index contributed by atoms with van der Waals surface area (Å²) in [4.78, 5) is 18.2. The molecule has 1 amide bonds. The molecule has 0 aliphatic carbocycles. The molecule has 0 unspecified atom stereocenters. The Hall–Kier alpha value is -2.16. The Kier molecular flexibility index (Phi) is 11.3. The fraction of sp³-hybridized carbons (Fsp3) is 0.364. The summed E-state index contributed by atoms with van der Waals surface area (Å²) in [5.74, 6) is 0.514. The first-order chi connectivity index (χ1) is 13.5. The molecule has 7 heteroatoms. The molecule has 0 aliphatic heterocycles. The van der Waals surface area contributed by atoms with Crippen LogP contribution >= 0.6 is 24.0 Å². The van der Waals surface area contributed by atoms with Crippen LogP contribution in [0.2, 0.25) is 0 Å². The topological polar surface area (TPSA) is 56.7 Å². The van der Waals surface area contributed by atoms with Gasteiger partial charge in [-0.1, -0.05) is 36.4 Å². The van der Waals surface area contributed by atoms with Gasteiger partial charge in [0, 0.05) is 40.2 Å². The Bertz CT molecular complexity index is 799. The van der Waals surface area contributed by atoms with Gasteiger partial charge < -0.3 is 15.5 Å². The van der Waals surface area contributed by atoms with Crippen LogP contribution in [0, 0.1) is 12.7 Å². The predicted molar refractivity (Wildman–Crippen MR) is 127 cm³/mol. The van der Waals surface area contributed by atoms with Crippen molar-refractivity contribution in [2.45, 2.75) is 26.3 Å². The van der Waals surface area contributed by atoms with Gasteiger partial charge in [0.2, 0.25) is 5.91 Å². The van der Waals surface area contributed by atoms with Crippen molar-refractivity contribution in [1.82, 2.24) is 15.5 Å². The number of hydrogen-bond donors (Lipinski definition) is 2. The van der Waals surface area contributed by atoms with Gasteiger partial charge >= 0.3 is 0 Å². The Balaban J connectivity index is 0.00000420. The molecule has 2 N–H and O–H groups in total. The number of aliphatic imine (C=N–C) groups is 1. The zero-order valence-corrected chi connectivity index (χ0v) is 19.6. The van der Waals surface area contributed by atoms with Crippen LogP contribution in [0.3, 0.4) is 0 Å². The summed E-state index contributed by atoms with van der Waals surface area (Å²) in [5, 5.41) is 6.38. The van der Waals surface area contributed by atoms with Crippen molar-refractivity contribution >= 4 is 35.8 Å². The molecule has 0 spiro atoms. The van der Waals surface area contributed by atoms with Crippen LogP contribution in [-0.2, 0) is 17.8 Å². The number of hydrogen-bond acceptors (Lipinski definition) is 2.